The van der Waals surface area contributed by atoms with Crippen molar-refractivity contribution in [2.24, 2.45) is 5.92 Å². The minimum absolute atomic E-state index is 0.0374. The van der Waals surface area contributed by atoms with Crippen molar-refractivity contribution in [1.29, 1.82) is 0 Å². The number of carbonyl (C=O) groups excluding carboxylic acids is 3. The van der Waals surface area contributed by atoms with E-state index in [1.54, 1.807) is 0 Å². The number of amides is 3. The molecule has 3 unspecified atom stereocenters. The summed E-state index contributed by atoms with van der Waals surface area (Å²) in [5.74, 6) is -4.47. The number of nitrogens with one attached hydrogen (secondary N) is 4. The highest BCUT2D eigenvalue weighted by Crippen LogP contribution is 2.06. The highest BCUT2D eigenvalue weighted by molar-refractivity contribution is 5.94. The zero-order valence-corrected chi connectivity index (χ0v) is 16.0. The Morgan fingerprint density at radius 2 is 1.75 bits per heavy atom. The van der Waals surface area contributed by atoms with Crippen molar-refractivity contribution in [3.05, 3.63) is 0 Å². The van der Waals surface area contributed by atoms with E-state index in [0.29, 0.717) is 13.0 Å². The van der Waals surface area contributed by atoms with Crippen LogP contribution in [0.2, 0.25) is 0 Å². The molecule has 3 atom stereocenters. The predicted octanol–water partition coefficient (Wildman–Crippen LogP) is -1.57. The monoisotopic (exact) mass is 400 g/mol. The van der Waals surface area contributed by atoms with Crippen molar-refractivity contribution in [2.45, 2.75) is 57.7 Å². The first kappa shape index (κ1) is 23.3. The van der Waals surface area contributed by atoms with Gasteiger partial charge in [0.15, 0.2) is 0 Å². The summed E-state index contributed by atoms with van der Waals surface area (Å²) in [5, 5.41) is 27.9. The summed E-state index contributed by atoms with van der Waals surface area (Å²) in [6.07, 6.45) is 0.968. The normalized spacial score (nSPS) is 18.2. The molecule has 0 aliphatic carbocycles. The first-order valence-electron chi connectivity index (χ1n) is 9.15. The second kappa shape index (κ2) is 11.2. The molecule has 1 saturated heterocycles. The Morgan fingerprint density at radius 1 is 1.07 bits per heavy atom. The molecule has 1 rings (SSSR count). The fraction of sp³-hybridized carbons (Fsp3) is 0.706. The Bertz CT molecular complexity index is 602. The van der Waals surface area contributed by atoms with Gasteiger partial charge in [0.05, 0.1) is 19.0 Å². The molecule has 11 heteroatoms. The molecule has 11 nitrogen and oxygen atoms in total. The van der Waals surface area contributed by atoms with Crippen LogP contribution in [0.3, 0.4) is 0 Å². The second-order valence-corrected chi connectivity index (χ2v) is 7.11. The van der Waals surface area contributed by atoms with Crippen LogP contribution in [-0.2, 0) is 24.0 Å². The summed E-state index contributed by atoms with van der Waals surface area (Å²) in [4.78, 5) is 58.4. The Morgan fingerprint density at radius 3 is 2.25 bits per heavy atom. The third-order valence-corrected chi connectivity index (χ3v) is 4.15. The lowest BCUT2D eigenvalue weighted by atomic mass is 10.0. The van der Waals surface area contributed by atoms with Crippen molar-refractivity contribution >= 4 is 29.7 Å². The summed E-state index contributed by atoms with van der Waals surface area (Å²) < 4.78 is 0. The lowest BCUT2D eigenvalue weighted by Gasteiger charge is -2.20. The first-order valence-corrected chi connectivity index (χ1v) is 9.15. The van der Waals surface area contributed by atoms with Crippen molar-refractivity contribution in [1.82, 2.24) is 21.3 Å². The van der Waals surface area contributed by atoms with E-state index in [1.165, 1.54) is 0 Å². The molecule has 0 aromatic heterocycles. The molecule has 0 aromatic rings. The first-order chi connectivity index (χ1) is 13.1. The molecular formula is C17H28N4O7. The van der Waals surface area contributed by atoms with Gasteiger partial charge in [-0.3, -0.25) is 19.2 Å². The standard InChI is InChI=1S/C17H28N4O7/c1-9(2)6-12(17(27)28)20-13(22)8-19-15(25)11(7-14(23)24)21-16(26)10-4-3-5-18-10/h9-12,18H,3-8H2,1-2H3,(H,19,25)(H,20,22)(H,21,26)(H,23,24)(H,27,28). The maximum absolute atomic E-state index is 12.2. The fourth-order valence-corrected chi connectivity index (χ4v) is 2.79. The van der Waals surface area contributed by atoms with Crippen LogP contribution in [0.25, 0.3) is 0 Å². The Labute approximate surface area is 162 Å². The summed E-state index contributed by atoms with van der Waals surface area (Å²) in [5.41, 5.74) is 0. The Hall–Kier alpha value is -2.69. The number of hydrogen-bond donors (Lipinski definition) is 6. The van der Waals surface area contributed by atoms with Gasteiger partial charge in [-0.15, -0.1) is 0 Å². The van der Waals surface area contributed by atoms with E-state index >= 15 is 0 Å². The zero-order valence-electron chi connectivity index (χ0n) is 16.0. The number of carboxylic acids is 2. The molecule has 1 fully saturated rings. The summed E-state index contributed by atoms with van der Waals surface area (Å²) in [6, 6.07) is -2.92. The zero-order chi connectivity index (χ0) is 21.3. The lowest BCUT2D eigenvalue weighted by molar-refractivity contribution is -0.143. The number of aliphatic carboxylic acids is 2. The van der Waals surface area contributed by atoms with Gasteiger partial charge in [0.25, 0.3) is 0 Å². The molecular weight excluding hydrogens is 372 g/mol. The topological polar surface area (TPSA) is 174 Å². The average Bonchev–Trinajstić information content (AvgIpc) is 3.12. The Kier molecular flexibility index (Phi) is 9.36. The van der Waals surface area contributed by atoms with Gasteiger partial charge in [0.1, 0.15) is 12.1 Å². The van der Waals surface area contributed by atoms with Crippen molar-refractivity contribution in [3.8, 4) is 0 Å². The molecule has 158 valence electrons. The molecule has 0 spiro atoms. The summed E-state index contributed by atoms with van der Waals surface area (Å²) >= 11 is 0. The highest BCUT2D eigenvalue weighted by Gasteiger charge is 2.29. The minimum Gasteiger partial charge on any atom is -0.481 e. The number of carbonyl (C=O) groups is 5. The molecule has 0 saturated carbocycles. The second-order valence-electron chi connectivity index (χ2n) is 7.11. The van der Waals surface area contributed by atoms with Crippen LogP contribution in [0, 0.1) is 5.92 Å². The van der Waals surface area contributed by atoms with Gasteiger partial charge in [-0.2, -0.15) is 0 Å². The molecule has 6 N–H and O–H groups in total. The largest absolute Gasteiger partial charge is 0.481 e. The van der Waals surface area contributed by atoms with Crippen LogP contribution in [-0.4, -0.2) is 71.1 Å². The molecule has 1 aliphatic rings. The third kappa shape index (κ3) is 8.33. The lowest BCUT2D eigenvalue weighted by Crippen LogP contribution is -2.54. The maximum atomic E-state index is 12.2. The van der Waals surface area contributed by atoms with Crippen molar-refractivity contribution < 1.29 is 34.2 Å². The molecule has 1 aliphatic heterocycles. The van der Waals surface area contributed by atoms with Crippen LogP contribution in [0.4, 0.5) is 0 Å². The smallest absolute Gasteiger partial charge is 0.326 e. The van der Waals surface area contributed by atoms with E-state index < -0.39 is 60.8 Å². The predicted molar refractivity (Wildman–Crippen MR) is 97.2 cm³/mol. The molecule has 28 heavy (non-hydrogen) atoms. The number of carboxylic acid groups (broad SMARTS) is 2. The van der Waals surface area contributed by atoms with Gasteiger partial charge in [-0.25, -0.2) is 4.79 Å². The summed E-state index contributed by atoms with van der Waals surface area (Å²) in [6.45, 7) is 3.74. The van der Waals surface area contributed by atoms with E-state index in [0.717, 1.165) is 6.42 Å². The van der Waals surface area contributed by atoms with E-state index in [1.807, 2.05) is 13.8 Å². The highest BCUT2D eigenvalue weighted by atomic mass is 16.4. The van der Waals surface area contributed by atoms with Gasteiger partial charge in [-0.1, -0.05) is 13.8 Å². The van der Waals surface area contributed by atoms with Crippen molar-refractivity contribution in [2.75, 3.05) is 13.1 Å². The van der Waals surface area contributed by atoms with Crippen molar-refractivity contribution in [3.63, 3.8) is 0 Å². The van der Waals surface area contributed by atoms with Gasteiger partial charge in [0, 0.05) is 0 Å². The van der Waals surface area contributed by atoms with Crippen LogP contribution < -0.4 is 21.3 Å². The molecule has 0 aromatic carbocycles. The molecule has 3 amide bonds. The van der Waals surface area contributed by atoms with Crippen LogP contribution in [0.15, 0.2) is 0 Å². The minimum atomic E-state index is -1.34. The third-order valence-electron chi connectivity index (χ3n) is 4.15. The SMILES string of the molecule is CC(C)CC(NC(=O)CNC(=O)C(CC(=O)O)NC(=O)C1CCCN1)C(=O)O. The van der Waals surface area contributed by atoms with E-state index in [9.17, 15) is 24.0 Å². The summed E-state index contributed by atoms with van der Waals surface area (Å²) in [7, 11) is 0. The molecule has 0 bridgehead atoms. The average molecular weight is 400 g/mol. The quantitative estimate of drug-likeness (QED) is 0.241. The van der Waals surface area contributed by atoms with E-state index in [-0.39, 0.29) is 12.3 Å². The van der Waals surface area contributed by atoms with Gasteiger partial charge in [0.2, 0.25) is 17.7 Å². The number of rotatable bonds is 11. The van der Waals surface area contributed by atoms with E-state index in [4.69, 9.17) is 10.2 Å². The Balaban J connectivity index is 2.58. The number of hydrogen-bond acceptors (Lipinski definition) is 6. The van der Waals surface area contributed by atoms with Crippen LogP contribution >= 0.6 is 0 Å². The fourth-order valence-electron chi connectivity index (χ4n) is 2.79. The van der Waals surface area contributed by atoms with Crippen LogP contribution in [0.5, 0.6) is 0 Å². The van der Waals surface area contributed by atoms with Gasteiger partial charge < -0.3 is 31.5 Å². The van der Waals surface area contributed by atoms with Gasteiger partial charge >= 0.3 is 11.9 Å². The molecule has 0 radical (unpaired) electrons. The maximum Gasteiger partial charge on any atom is 0.326 e. The van der Waals surface area contributed by atoms with Crippen LogP contribution in [0.1, 0.15) is 39.5 Å². The van der Waals surface area contributed by atoms with Gasteiger partial charge in [-0.05, 0) is 31.7 Å². The molecule has 1 heterocycles. The van der Waals surface area contributed by atoms with E-state index in [2.05, 4.69) is 21.3 Å².